The topological polar surface area (TPSA) is 69.6 Å². The van der Waals surface area contributed by atoms with Crippen LogP contribution in [-0.4, -0.2) is 42.0 Å². The molecule has 6 heteroatoms. The van der Waals surface area contributed by atoms with E-state index in [-0.39, 0.29) is 17.2 Å². The highest BCUT2D eigenvalue weighted by Gasteiger charge is 2.24. The fourth-order valence-electron chi connectivity index (χ4n) is 2.29. The van der Waals surface area contributed by atoms with Crippen LogP contribution in [0.1, 0.15) is 15.9 Å². The Balaban J connectivity index is 2.21. The second kappa shape index (κ2) is 7.59. The molecule has 0 radical (unpaired) electrons. The molecule has 126 valence electrons. The molecule has 0 spiro atoms. The molecule has 0 saturated carbocycles. The lowest BCUT2D eigenvalue weighted by atomic mass is 10.0. The Morgan fingerprint density at radius 3 is 2.42 bits per heavy atom. The van der Waals surface area contributed by atoms with Gasteiger partial charge in [-0.05, 0) is 17.7 Å². The van der Waals surface area contributed by atoms with Gasteiger partial charge in [-0.3, -0.25) is 9.59 Å². The molecule has 0 aromatic heterocycles. The Morgan fingerprint density at radius 2 is 1.83 bits per heavy atom. The average Bonchev–Trinajstić information content (AvgIpc) is 2.54. The number of phenolic OH excluding ortho intramolecular Hbond substituents is 1. The van der Waals surface area contributed by atoms with Crippen molar-refractivity contribution < 1.29 is 19.1 Å². The maximum atomic E-state index is 13.8. The summed E-state index contributed by atoms with van der Waals surface area (Å²) in [5.74, 6) is -2.10. The number of carbonyl (C=O) groups is 2. The Hall–Kier alpha value is -2.89. The molecular weight excluding hydrogens is 311 g/mol. The van der Waals surface area contributed by atoms with E-state index in [1.807, 2.05) is 30.3 Å². The number of likely N-dealkylation sites (N-methyl/N-ethyl adjacent to an activating group) is 1. The zero-order valence-corrected chi connectivity index (χ0v) is 13.5. The van der Waals surface area contributed by atoms with Crippen molar-refractivity contribution in [3.8, 4) is 5.75 Å². The smallest absolute Gasteiger partial charge is 0.254 e. The maximum absolute atomic E-state index is 13.8. The molecule has 0 heterocycles. The summed E-state index contributed by atoms with van der Waals surface area (Å²) in [6.07, 6.45) is 0.295. The molecule has 0 unspecified atom stereocenters. The number of rotatable bonds is 5. The molecular formula is C18H19FN2O3. The fraction of sp³-hybridized carbons (Fsp3) is 0.222. The van der Waals surface area contributed by atoms with Crippen molar-refractivity contribution in [1.29, 1.82) is 0 Å². The number of carbonyl (C=O) groups excluding carboxylic acids is 2. The van der Waals surface area contributed by atoms with Crippen LogP contribution < -0.4 is 5.32 Å². The summed E-state index contributed by atoms with van der Waals surface area (Å²) in [6.45, 7) is 0. The van der Waals surface area contributed by atoms with E-state index in [4.69, 9.17) is 0 Å². The molecule has 2 N–H and O–H groups in total. The van der Waals surface area contributed by atoms with Crippen molar-refractivity contribution in [3.63, 3.8) is 0 Å². The predicted octanol–water partition coefficient (Wildman–Crippen LogP) is 1.96. The first-order valence-electron chi connectivity index (χ1n) is 7.43. The number of aromatic hydroxyl groups is 1. The van der Waals surface area contributed by atoms with Gasteiger partial charge in [0.05, 0.1) is 5.56 Å². The highest BCUT2D eigenvalue weighted by atomic mass is 19.1. The van der Waals surface area contributed by atoms with Crippen LogP contribution in [0.5, 0.6) is 5.75 Å². The second-order valence-corrected chi connectivity index (χ2v) is 5.61. The minimum absolute atomic E-state index is 0.225. The van der Waals surface area contributed by atoms with E-state index in [1.165, 1.54) is 17.0 Å². The number of benzene rings is 2. The third-order valence-electron chi connectivity index (χ3n) is 3.52. The van der Waals surface area contributed by atoms with E-state index >= 15 is 0 Å². The van der Waals surface area contributed by atoms with Gasteiger partial charge in [0.2, 0.25) is 5.91 Å². The molecule has 0 fully saturated rings. The van der Waals surface area contributed by atoms with E-state index in [9.17, 15) is 19.1 Å². The van der Waals surface area contributed by atoms with E-state index < -0.39 is 17.8 Å². The van der Waals surface area contributed by atoms with Gasteiger partial charge in [0.25, 0.3) is 5.91 Å². The lowest BCUT2D eigenvalue weighted by molar-refractivity contribution is -0.130. The van der Waals surface area contributed by atoms with Gasteiger partial charge in [-0.15, -0.1) is 0 Å². The summed E-state index contributed by atoms with van der Waals surface area (Å²) in [6, 6.07) is 11.7. The van der Waals surface area contributed by atoms with Crippen molar-refractivity contribution in [2.75, 3.05) is 14.1 Å². The van der Waals surface area contributed by atoms with Gasteiger partial charge in [0.15, 0.2) is 0 Å². The van der Waals surface area contributed by atoms with Crippen LogP contribution in [0.15, 0.2) is 48.5 Å². The van der Waals surface area contributed by atoms with E-state index in [0.29, 0.717) is 6.42 Å². The van der Waals surface area contributed by atoms with Crippen molar-refractivity contribution >= 4 is 11.8 Å². The third-order valence-corrected chi connectivity index (χ3v) is 3.52. The monoisotopic (exact) mass is 330 g/mol. The Kier molecular flexibility index (Phi) is 5.52. The maximum Gasteiger partial charge on any atom is 0.254 e. The molecule has 0 aliphatic rings. The van der Waals surface area contributed by atoms with E-state index in [0.717, 1.165) is 11.6 Å². The Morgan fingerprint density at radius 1 is 1.17 bits per heavy atom. The Bertz CT molecular complexity index is 732. The van der Waals surface area contributed by atoms with Crippen LogP contribution in [0.4, 0.5) is 4.39 Å². The van der Waals surface area contributed by atoms with Crippen LogP contribution in [0.3, 0.4) is 0 Å². The average molecular weight is 330 g/mol. The van der Waals surface area contributed by atoms with Crippen LogP contribution in [-0.2, 0) is 11.2 Å². The van der Waals surface area contributed by atoms with Gasteiger partial charge in [-0.2, -0.15) is 0 Å². The molecule has 0 aliphatic heterocycles. The largest absolute Gasteiger partial charge is 0.508 e. The van der Waals surface area contributed by atoms with Crippen molar-refractivity contribution in [2.24, 2.45) is 0 Å². The van der Waals surface area contributed by atoms with Crippen LogP contribution >= 0.6 is 0 Å². The lowest BCUT2D eigenvalue weighted by Gasteiger charge is -2.22. The zero-order valence-electron chi connectivity index (χ0n) is 13.5. The number of phenols is 1. The van der Waals surface area contributed by atoms with Gasteiger partial charge >= 0.3 is 0 Å². The lowest BCUT2D eigenvalue weighted by Crippen LogP contribution is -2.47. The van der Waals surface area contributed by atoms with Crippen molar-refractivity contribution in [1.82, 2.24) is 10.2 Å². The number of halogens is 1. The molecule has 2 amide bonds. The number of amides is 2. The normalized spacial score (nSPS) is 11.6. The number of nitrogens with one attached hydrogen (secondary N) is 1. The SMILES string of the molecule is CN(C)C(=O)[C@H](Cc1ccccc1)NC(=O)c1ccc(O)cc1F. The van der Waals surface area contributed by atoms with Gasteiger partial charge in [-0.25, -0.2) is 4.39 Å². The first kappa shape index (κ1) is 17.5. The molecule has 2 rings (SSSR count). The molecule has 0 aliphatic carbocycles. The minimum Gasteiger partial charge on any atom is -0.508 e. The van der Waals surface area contributed by atoms with E-state index in [1.54, 1.807) is 14.1 Å². The van der Waals surface area contributed by atoms with Crippen LogP contribution in [0.2, 0.25) is 0 Å². The molecule has 24 heavy (non-hydrogen) atoms. The van der Waals surface area contributed by atoms with Gasteiger partial charge in [0, 0.05) is 26.6 Å². The highest BCUT2D eigenvalue weighted by molar-refractivity contribution is 5.97. The highest BCUT2D eigenvalue weighted by Crippen LogP contribution is 2.15. The standard InChI is InChI=1S/C18H19FN2O3/c1-21(2)18(24)16(10-12-6-4-3-5-7-12)20-17(23)14-9-8-13(22)11-15(14)19/h3-9,11,16,22H,10H2,1-2H3,(H,20,23)/t16-/m0/s1. The Labute approximate surface area is 139 Å². The first-order chi connectivity index (χ1) is 11.4. The van der Waals surface area contributed by atoms with Crippen LogP contribution in [0, 0.1) is 5.82 Å². The fourth-order valence-corrected chi connectivity index (χ4v) is 2.29. The molecule has 0 saturated heterocycles. The molecule has 0 bridgehead atoms. The van der Waals surface area contributed by atoms with Crippen molar-refractivity contribution in [3.05, 3.63) is 65.5 Å². The quantitative estimate of drug-likeness (QED) is 0.880. The van der Waals surface area contributed by atoms with Crippen molar-refractivity contribution in [2.45, 2.75) is 12.5 Å². The van der Waals surface area contributed by atoms with Crippen LogP contribution in [0.25, 0.3) is 0 Å². The number of hydrogen-bond donors (Lipinski definition) is 2. The summed E-state index contributed by atoms with van der Waals surface area (Å²) < 4.78 is 13.8. The zero-order chi connectivity index (χ0) is 17.7. The molecule has 2 aromatic carbocycles. The summed E-state index contributed by atoms with van der Waals surface area (Å²) >= 11 is 0. The molecule has 5 nitrogen and oxygen atoms in total. The summed E-state index contributed by atoms with van der Waals surface area (Å²) in [5.41, 5.74) is 0.654. The number of hydrogen-bond acceptors (Lipinski definition) is 3. The minimum atomic E-state index is -0.844. The summed E-state index contributed by atoms with van der Waals surface area (Å²) in [4.78, 5) is 26.0. The van der Waals surface area contributed by atoms with E-state index in [2.05, 4.69) is 5.32 Å². The molecule has 1 atom stereocenters. The predicted molar refractivity (Wildman–Crippen MR) is 88.2 cm³/mol. The third kappa shape index (κ3) is 4.32. The van der Waals surface area contributed by atoms with Gasteiger partial charge in [-0.1, -0.05) is 30.3 Å². The molecule has 2 aromatic rings. The first-order valence-corrected chi connectivity index (χ1v) is 7.43. The number of nitrogens with zero attached hydrogens (tertiary/aromatic N) is 1. The summed E-state index contributed by atoms with van der Waals surface area (Å²) in [7, 11) is 3.18. The second-order valence-electron chi connectivity index (χ2n) is 5.61. The van der Waals surface area contributed by atoms with Gasteiger partial charge < -0.3 is 15.3 Å². The summed E-state index contributed by atoms with van der Waals surface area (Å²) in [5, 5.41) is 11.8. The van der Waals surface area contributed by atoms with Gasteiger partial charge in [0.1, 0.15) is 17.6 Å².